The van der Waals surface area contributed by atoms with Crippen molar-refractivity contribution >= 4 is 43.4 Å². The Balaban J connectivity index is 1.18. The molecule has 0 amide bonds. The first-order chi connectivity index (χ1) is 25.8. The molecule has 242 valence electrons. The molecule has 0 aliphatic heterocycles. The van der Waals surface area contributed by atoms with E-state index in [1.807, 2.05) is 30.3 Å². The second kappa shape index (κ2) is 11.1. The van der Waals surface area contributed by atoms with Crippen LogP contribution in [0.3, 0.4) is 0 Å². The molecule has 11 rings (SSSR count). The molecule has 0 unspecified atom stereocenters. The summed E-state index contributed by atoms with van der Waals surface area (Å²) >= 11 is 0. The van der Waals surface area contributed by atoms with Gasteiger partial charge in [-0.15, -0.1) is 0 Å². The Morgan fingerprint density at radius 2 is 1.02 bits per heavy atom. The van der Waals surface area contributed by atoms with Gasteiger partial charge in [0.05, 0.1) is 5.41 Å². The van der Waals surface area contributed by atoms with Crippen LogP contribution in [-0.4, -0.2) is 4.98 Å². The van der Waals surface area contributed by atoms with Crippen LogP contribution in [0, 0.1) is 0 Å². The number of hydrogen-bond donors (Lipinski definition) is 0. The highest BCUT2D eigenvalue weighted by atomic mass is 16.3. The molecule has 1 aliphatic carbocycles. The van der Waals surface area contributed by atoms with Gasteiger partial charge in [0.15, 0.2) is 5.58 Å². The van der Waals surface area contributed by atoms with Crippen molar-refractivity contribution in [3.63, 3.8) is 0 Å². The molecule has 0 saturated heterocycles. The van der Waals surface area contributed by atoms with Crippen molar-refractivity contribution < 1.29 is 4.42 Å². The van der Waals surface area contributed by atoms with E-state index in [9.17, 15) is 0 Å². The van der Waals surface area contributed by atoms with Crippen LogP contribution in [0.4, 0.5) is 0 Å². The van der Waals surface area contributed by atoms with Crippen LogP contribution in [0.1, 0.15) is 22.3 Å². The molecule has 0 fully saturated rings. The Morgan fingerprint density at radius 1 is 0.423 bits per heavy atom. The third kappa shape index (κ3) is 4.09. The predicted molar refractivity (Wildman–Crippen MR) is 215 cm³/mol. The van der Waals surface area contributed by atoms with E-state index in [2.05, 4.69) is 158 Å². The largest absolute Gasteiger partial charge is 0.435 e. The lowest BCUT2D eigenvalue weighted by Crippen LogP contribution is -2.28. The normalized spacial score (nSPS) is 13.2. The average molecular weight is 662 g/mol. The van der Waals surface area contributed by atoms with Crippen molar-refractivity contribution in [1.29, 1.82) is 0 Å². The van der Waals surface area contributed by atoms with E-state index < -0.39 is 5.41 Å². The van der Waals surface area contributed by atoms with Gasteiger partial charge >= 0.3 is 0 Å². The van der Waals surface area contributed by atoms with E-state index >= 15 is 0 Å². The molecule has 52 heavy (non-hydrogen) atoms. The summed E-state index contributed by atoms with van der Waals surface area (Å²) in [4.78, 5) is 4.91. The second-order valence-electron chi connectivity index (χ2n) is 13.9. The highest BCUT2D eigenvalue weighted by molar-refractivity contribution is 6.18. The maximum Gasteiger partial charge on any atom is 0.227 e. The van der Waals surface area contributed by atoms with Crippen LogP contribution in [0.5, 0.6) is 0 Å². The van der Waals surface area contributed by atoms with Crippen molar-refractivity contribution in [1.82, 2.24) is 4.98 Å². The van der Waals surface area contributed by atoms with E-state index in [1.54, 1.807) is 0 Å². The summed E-state index contributed by atoms with van der Waals surface area (Å²) in [6.45, 7) is 0. The minimum Gasteiger partial charge on any atom is -0.435 e. The van der Waals surface area contributed by atoms with Gasteiger partial charge in [0.2, 0.25) is 5.89 Å². The highest BCUT2D eigenvalue weighted by Gasteiger charge is 2.46. The summed E-state index contributed by atoms with van der Waals surface area (Å²) in [6.07, 6.45) is 0. The highest BCUT2D eigenvalue weighted by Crippen LogP contribution is 2.58. The zero-order valence-electron chi connectivity index (χ0n) is 28.3. The van der Waals surface area contributed by atoms with Crippen LogP contribution in [0.25, 0.3) is 77.1 Å². The fourth-order valence-corrected chi connectivity index (χ4v) is 8.84. The summed E-state index contributed by atoms with van der Waals surface area (Å²) < 4.78 is 6.57. The number of rotatable bonds is 4. The van der Waals surface area contributed by atoms with Crippen LogP contribution in [0.2, 0.25) is 0 Å². The van der Waals surface area contributed by atoms with Gasteiger partial charge in [0.1, 0.15) is 5.52 Å². The summed E-state index contributed by atoms with van der Waals surface area (Å²) in [6, 6.07) is 68.3. The minimum absolute atomic E-state index is 0.489. The number of aromatic nitrogens is 1. The maximum atomic E-state index is 6.57. The van der Waals surface area contributed by atoms with Gasteiger partial charge < -0.3 is 4.42 Å². The van der Waals surface area contributed by atoms with Gasteiger partial charge in [0.25, 0.3) is 0 Å². The number of hydrogen-bond acceptors (Lipinski definition) is 2. The van der Waals surface area contributed by atoms with E-state index in [0.29, 0.717) is 5.89 Å². The quantitative estimate of drug-likeness (QED) is 0.175. The summed E-state index contributed by atoms with van der Waals surface area (Å²) in [5.41, 5.74) is 12.3. The molecular weight excluding hydrogens is 631 g/mol. The van der Waals surface area contributed by atoms with E-state index in [1.165, 1.54) is 60.7 Å². The Bertz CT molecular complexity index is 2960. The van der Waals surface area contributed by atoms with Crippen molar-refractivity contribution in [2.45, 2.75) is 5.41 Å². The molecule has 2 nitrogen and oxygen atoms in total. The number of nitrogens with zero attached hydrogens (tertiary/aromatic N) is 1. The van der Waals surface area contributed by atoms with E-state index in [-0.39, 0.29) is 0 Å². The molecular formula is C50H31NO. The SMILES string of the molecule is c1ccc(-c2nc3ccc4ccc5ccc(-c6ccc7c(c6)C(c6ccccc6)(c6ccccc6)c6ccc8ccccc8c6-7)cc5c4c3o2)cc1. The molecule has 2 heteroatoms. The van der Waals surface area contributed by atoms with Gasteiger partial charge in [-0.1, -0.05) is 158 Å². The van der Waals surface area contributed by atoms with Gasteiger partial charge in [-0.25, -0.2) is 4.98 Å². The van der Waals surface area contributed by atoms with Crippen molar-refractivity contribution in [3.05, 3.63) is 210 Å². The molecule has 0 spiro atoms. The van der Waals surface area contributed by atoms with Crippen LogP contribution < -0.4 is 0 Å². The molecule has 1 aromatic heterocycles. The molecule has 1 heterocycles. The molecule has 0 atom stereocenters. The molecule has 0 bridgehead atoms. The molecule has 0 N–H and O–H groups in total. The first-order valence-electron chi connectivity index (χ1n) is 17.9. The Morgan fingerprint density at radius 3 is 1.81 bits per heavy atom. The topological polar surface area (TPSA) is 26.0 Å². The summed E-state index contributed by atoms with van der Waals surface area (Å²) in [7, 11) is 0. The Kier molecular flexibility index (Phi) is 6.20. The molecule has 0 saturated carbocycles. The minimum atomic E-state index is -0.489. The fourth-order valence-electron chi connectivity index (χ4n) is 8.84. The molecule has 0 radical (unpaired) electrons. The monoisotopic (exact) mass is 661 g/mol. The van der Waals surface area contributed by atoms with Gasteiger partial charge in [-0.2, -0.15) is 0 Å². The predicted octanol–water partition coefficient (Wildman–Crippen LogP) is 13.0. The Hall–Kier alpha value is -6.77. The zero-order chi connectivity index (χ0) is 34.2. The standard InChI is InChI=1S/C50H31NO/c1-4-13-35(14-5-1)49-51-45-29-26-34-22-20-33-21-23-36(30-42(33)46(34)48(45)52-49)37-24-27-41-44(31-37)50(38-15-6-2-7-16-38,39-17-8-3-9-18-39)43-28-25-32-12-10-11-19-40(32)47(41)43/h1-31H. The third-order valence-electron chi connectivity index (χ3n) is 11.1. The van der Waals surface area contributed by atoms with E-state index in [4.69, 9.17) is 9.40 Å². The number of benzene rings is 9. The third-order valence-corrected chi connectivity index (χ3v) is 11.1. The zero-order valence-corrected chi connectivity index (χ0v) is 28.3. The smallest absolute Gasteiger partial charge is 0.227 e. The summed E-state index contributed by atoms with van der Waals surface area (Å²) in [5, 5.41) is 7.09. The van der Waals surface area contributed by atoms with Gasteiger partial charge in [0, 0.05) is 10.9 Å². The fraction of sp³-hybridized carbons (Fsp3) is 0.0200. The molecule has 1 aliphatic rings. The van der Waals surface area contributed by atoms with Crippen molar-refractivity contribution in [3.8, 4) is 33.7 Å². The van der Waals surface area contributed by atoms with Gasteiger partial charge in [-0.05, 0) is 102 Å². The number of fused-ring (bicyclic) bond motifs is 10. The molecule has 9 aromatic carbocycles. The second-order valence-corrected chi connectivity index (χ2v) is 13.9. The summed E-state index contributed by atoms with van der Waals surface area (Å²) in [5.74, 6) is 0.639. The van der Waals surface area contributed by atoms with Crippen LogP contribution >= 0.6 is 0 Å². The van der Waals surface area contributed by atoms with Crippen LogP contribution in [0.15, 0.2) is 192 Å². The van der Waals surface area contributed by atoms with Crippen molar-refractivity contribution in [2.24, 2.45) is 0 Å². The van der Waals surface area contributed by atoms with E-state index in [0.717, 1.165) is 32.8 Å². The lowest BCUT2D eigenvalue weighted by molar-refractivity contribution is 0.623. The first kappa shape index (κ1) is 29.0. The number of oxazole rings is 1. The van der Waals surface area contributed by atoms with Gasteiger partial charge in [-0.3, -0.25) is 0 Å². The maximum absolute atomic E-state index is 6.57. The molecule has 10 aromatic rings. The lowest BCUT2D eigenvalue weighted by atomic mass is 9.67. The van der Waals surface area contributed by atoms with Crippen LogP contribution in [-0.2, 0) is 5.41 Å². The van der Waals surface area contributed by atoms with Crippen molar-refractivity contribution in [2.75, 3.05) is 0 Å². The average Bonchev–Trinajstić information content (AvgIpc) is 3.79. The lowest BCUT2D eigenvalue weighted by Gasteiger charge is -2.34. The Labute approximate surface area is 301 Å². The first-order valence-corrected chi connectivity index (χ1v) is 17.9.